The third-order valence-corrected chi connectivity index (χ3v) is 4.76. The van der Waals surface area contributed by atoms with Crippen molar-refractivity contribution < 1.29 is 13.2 Å². The van der Waals surface area contributed by atoms with Crippen molar-refractivity contribution in [3.05, 3.63) is 23.8 Å². The standard InChI is InChI=1S/C13H20N2O3S/c1-10-5-6-12(8-13(10)14)19(16,17)15-9-11-4-2-3-7-18-11/h5-6,8,11,15H,2-4,7,9,14H2,1H3. The number of hydrogen-bond acceptors (Lipinski definition) is 4. The van der Waals surface area contributed by atoms with E-state index in [1.807, 2.05) is 6.92 Å². The van der Waals surface area contributed by atoms with Crippen LogP contribution in [0.1, 0.15) is 24.8 Å². The third kappa shape index (κ3) is 3.68. The first-order valence-electron chi connectivity index (χ1n) is 6.46. The van der Waals surface area contributed by atoms with Gasteiger partial charge in [-0.2, -0.15) is 0 Å². The Morgan fingerprint density at radius 1 is 1.42 bits per heavy atom. The van der Waals surface area contributed by atoms with Crippen LogP contribution in [0.15, 0.2) is 23.1 Å². The van der Waals surface area contributed by atoms with Crippen LogP contribution in [0.25, 0.3) is 0 Å². The molecule has 0 saturated carbocycles. The topological polar surface area (TPSA) is 81.4 Å². The zero-order valence-electron chi connectivity index (χ0n) is 11.1. The average molecular weight is 284 g/mol. The van der Waals surface area contributed by atoms with Crippen LogP contribution in [0, 0.1) is 6.92 Å². The van der Waals surface area contributed by atoms with E-state index >= 15 is 0 Å². The maximum Gasteiger partial charge on any atom is 0.240 e. The summed E-state index contributed by atoms with van der Waals surface area (Å²) in [6, 6.07) is 4.76. The fourth-order valence-corrected chi connectivity index (χ4v) is 3.14. The van der Waals surface area contributed by atoms with Crippen LogP contribution in [0.4, 0.5) is 5.69 Å². The summed E-state index contributed by atoms with van der Waals surface area (Å²) in [5.41, 5.74) is 7.09. The average Bonchev–Trinajstić information content (AvgIpc) is 2.41. The maximum absolute atomic E-state index is 12.1. The van der Waals surface area contributed by atoms with Crippen LogP contribution in [0.3, 0.4) is 0 Å². The molecule has 1 aliphatic rings. The molecular formula is C13H20N2O3S. The summed E-state index contributed by atoms with van der Waals surface area (Å²) in [5.74, 6) is 0. The number of anilines is 1. The fraction of sp³-hybridized carbons (Fsp3) is 0.538. The lowest BCUT2D eigenvalue weighted by atomic mass is 10.1. The van der Waals surface area contributed by atoms with E-state index in [-0.39, 0.29) is 11.0 Å². The molecule has 0 bridgehead atoms. The number of ether oxygens (including phenoxy) is 1. The van der Waals surface area contributed by atoms with E-state index in [0.29, 0.717) is 18.8 Å². The molecule has 106 valence electrons. The van der Waals surface area contributed by atoms with Crippen molar-refractivity contribution in [2.45, 2.75) is 37.2 Å². The Hall–Kier alpha value is -1.11. The summed E-state index contributed by atoms with van der Waals surface area (Å²) < 4.78 is 32.3. The van der Waals surface area contributed by atoms with Crippen molar-refractivity contribution >= 4 is 15.7 Å². The molecule has 1 fully saturated rings. The summed E-state index contributed by atoms with van der Waals surface area (Å²) in [6.45, 7) is 2.87. The lowest BCUT2D eigenvalue weighted by molar-refractivity contribution is 0.0200. The summed E-state index contributed by atoms with van der Waals surface area (Å²) in [7, 11) is -3.51. The van der Waals surface area contributed by atoms with E-state index in [1.54, 1.807) is 12.1 Å². The second-order valence-electron chi connectivity index (χ2n) is 4.86. The van der Waals surface area contributed by atoms with E-state index < -0.39 is 10.0 Å². The molecule has 1 unspecified atom stereocenters. The molecule has 0 aromatic heterocycles. The second kappa shape index (κ2) is 5.90. The first kappa shape index (κ1) is 14.3. The normalized spacial score (nSPS) is 20.4. The monoisotopic (exact) mass is 284 g/mol. The van der Waals surface area contributed by atoms with Crippen LogP contribution in [0.2, 0.25) is 0 Å². The predicted octanol–water partition coefficient (Wildman–Crippen LogP) is 1.42. The molecule has 2 rings (SSSR count). The SMILES string of the molecule is Cc1ccc(S(=O)(=O)NCC2CCCCO2)cc1N. The molecule has 1 aliphatic heterocycles. The van der Waals surface area contributed by atoms with Gasteiger partial charge in [0.25, 0.3) is 0 Å². The van der Waals surface area contributed by atoms with Gasteiger partial charge in [0.2, 0.25) is 10.0 Å². The minimum atomic E-state index is -3.51. The summed E-state index contributed by atoms with van der Waals surface area (Å²) >= 11 is 0. The van der Waals surface area contributed by atoms with Gasteiger partial charge in [-0.3, -0.25) is 0 Å². The van der Waals surface area contributed by atoms with Crippen LogP contribution >= 0.6 is 0 Å². The van der Waals surface area contributed by atoms with Gasteiger partial charge in [0.15, 0.2) is 0 Å². The van der Waals surface area contributed by atoms with Gasteiger partial charge in [-0.15, -0.1) is 0 Å². The lowest BCUT2D eigenvalue weighted by Gasteiger charge is -2.22. The Labute approximate surface area is 114 Å². The number of nitrogen functional groups attached to an aromatic ring is 1. The van der Waals surface area contributed by atoms with Crippen molar-refractivity contribution in [2.75, 3.05) is 18.9 Å². The van der Waals surface area contributed by atoms with Gasteiger partial charge in [-0.05, 0) is 43.9 Å². The molecule has 0 aliphatic carbocycles. The van der Waals surface area contributed by atoms with Crippen molar-refractivity contribution in [1.29, 1.82) is 0 Å². The third-order valence-electron chi connectivity index (χ3n) is 3.34. The number of hydrogen-bond donors (Lipinski definition) is 2. The van der Waals surface area contributed by atoms with E-state index in [0.717, 1.165) is 24.8 Å². The molecule has 1 aromatic carbocycles. The van der Waals surface area contributed by atoms with Crippen molar-refractivity contribution in [2.24, 2.45) is 0 Å². The number of sulfonamides is 1. The van der Waals surface area contributed by atoms with Crippen LogP contribution in [-0.4, -0.2) is 27.7 Å². The highest BCUT2D eigenvalue weighted by molar-refractivity contribution is 7.89. The lowest BCUT2D eigenvalue weighted by Crippen LogP contribution is -2.35. The maximum atomic E-state index is 12.1. The minimum absolute atomic E-state index is 0.0219. The molecule has 0 amide bonds. The van der Waals surface area contributed by atoms with E-state index in [9.17, 15) is 8.42 Å². The molecule has 0 radical (unpaired) electrons. The molecule has 1 heterocycles. The van der Waals surface area contributed by atoms with Gasteiger partial charge in [0, 0.05) is 18.8 Å². The van der Waals surface area contributed by atoms with Crippen LogP contribution in [0.5, 0.6) is 0 Å². The van der Waals surface area contributed by atoms with Gasteiger partial charge >= 0.3 is 0 Å². The number of nitrogens with one attached hydrogen (secondary N) is 1. The van der Waals surface area contributed by atoms with Gasteiger partial charge in [0.1, 0.15) is 0 Å². The number of benzene rings is 1. The fourth-order valence-electron chi connectivity index (χ4n) is 2.04. The Balaban J connectivity index is 2.02. The molecule has 1 atom stereocenters. The first-order valence-corrected chi connectivity index (χ1v) is 7.95. The molecule has 5 nitrogen and oxygen atoms in total. The molecule has 19 heavy (non-hydrogen) atoms. The predicted molar refractivity (Wildman–Crippen MR) is 74.4 cm³/mol. The Kier molecular flexibility index (Phi) is 4.44. The Morgan fingerprint density at radius 3 is 2.84 bits per heavy atom. The number of aryl methyl sites for hydroxylation is 1. The molecule has 0 spiro atoms. The highest BCUT2D eigenvalue weighted by atomic mass is 32.2. The number of rotatable bonds is 4. The first-order chi connectivity index (χ1) is 8.99. The van der Waals surface area contributed by atoms with Crippen molar-refractivity contribution in [1.82, 2.24) is 4.72 Å². The van der Waals surface area contributed by atoms with Crippen LogP contribution in [-0.2, 0) is 14.8 Å². The molecular weight excluding hydrogens is 264 g/mol. The molecule has 1 saturated heterocycles. The zero-order valence-corrected chi connectivity index (χ0v) is 11.9. The summed E-state index contributed by atoms with van der Waals surface area (Å²) in [4.78, 5) is 0.200. The number of nitrogens with two attached hydrogens (primary N) is 1. The largest absolute Gasteiger partial charge is 0.398 e. The van der Waals surface area contributed by atoms with Gasteiger partial charge in [-0.25, -0.2) is 13.1 Å². The van der Waals surface area contributed by atoms with Gasteiger partial charge in [-0.1, -0.05) is 6.07 Å². The second-order valence-corrected chi connectivity index (χ2v) is 6.63. The molecule has 6 heteroatoms. The van der Waals surface area contributed by atoms with Gasteiger partial charge < -0.3 is 10.5 Å². The Morgan fingerprint density at radius 2 is 2.21 bits per heavy atom. The summed E-state index contributed by atoms with van der Waals surface area (Å²) in [6.07, 6.45) is 3.02. The Bertz CT molecular complexity index is 537. The quantitative estimate of drug-likeness (QED) is 0.819. The smallest absolute Gasteiger partial charge is 0.240 e. The van der Waals surface area contributed by atoms with E-state index in [2.05, 4.69) is 4.72 Å². The summed E-state index contributed by atoms with van der Waals surface area (Å²) in [5, 5.41) is 0. The molecule has 1 aromatic rings. The van der Waals surface area contributed by atoms with Crippen LogP contribution < -0.4 is 10.5 Å². The molecule has 3 N–H and O–H groups in total. The van der Waals surface area contributed by atoms with Crippen molar-refractivity contribution in [3.8, 4) is 0 Å². The van der Waals surface area contributed by atoms with E-state index in [4.69, 9.17) is 10.5 Å². The zero-order chi connectivity index (χ0) is 13.9. The van der Waals surface area contributed by atoms with Crippen molar-refractivity contribution in [3.63, 3.8) is 0 Å². The highest BCUT2D eigenvalue weighted by Crippen LogP contribution is 2.18. The highest BCUT2D eigenvalue weighted by Gasteiger charge is 2.19. The minimum Gasteiger partial charge on any atom is -0.398 e. The van der Waals surface area contributed by atoms with E-state index in [1.165, 1.54) is 6.07 Å². The van der Waals surface area contributed by atoms with Gasteiger partial charge in [0.05, 0.1) is 11.0 Å².